The quantitative estimate of drug-likeness (QED) is 0.434. The molecule has 0 bridgehead atoms. The maximum absolute atomic E-state index is 14.3. The minimum absolute atomic E-state index is 0.0513. The molecule has 134 valence electrons. The third kappa shape index (κ3) is 3.54. The average Bonchev–Trinajstić information content (AvgIpc) is 2.67. The number of hydrogen-bond acceptors (Lipinski definition) is 5. The molecule has 1 aromatic heterocycles. The fourth-order valence-electron chi connectivity index (χ4n) is 2.60. The van der Waals surface area contributed by atoms with Crippen LogP contribution in [0.4, 0.5) is 15.9 Å². The first-order valence-corrected chi connectivity index (χ1v) is 8.83. The molecule has 0 aliphatic heterocycles. The number of aromatic nitrogens is 2. The molecule has 0 aliphatic rings. The van der Waals surface area contributed by atoms with Gasteiger partial charge in [0.25, 0.3) is 0 Å². The zero-order chi connectivity index (χ0) is 18.8. The minimum Gasteiger partial charge on any atom is -0.504 e. The van der Waals surface area contributed by atoms with Crippen molar-refractivity contribution >= 4 is 38.3 Å². The van der Waals surface area contributed by atoms with Crippen molar-refractivity contribution in [3.05, 3.63) is 77.3 Å². The molecule has 0 radical (unpaired) electrons. The number of nitrogens with one attached hydrogen (secondary N) is 1. The number of para-hydroxylation sites is 1. The van der Waals surface area contributed by atoms with Gasteiger partial charge >= 0.3 is 0 Å². The lowest BCUT2D eigenvalue weighted by Gasteiger charge is -2.12. The van der Waals surface area contributed by atoms with Crippen LogP contribution in [0, 0.1) is 5.82 Å². The lowest BCUT2D eigenvalue weighted by molar-refractivity contribution is 0.412. The van der Waals surface area contributed by atoms with Crippen LogP contribution in [0.3, 0.4) is 0 Å². The van der Waals surface area contributed by atoms with E-state index in [0.29, 0.717) is 26.9 Å². The second-order valence-electron chi connectivity index (χ2n) is 5.70. The van der Waals surface area contributed by atoms with Crippen LogP contribution in [0.1, 0.15) is 0 Å². The predicted molar refractivity (Wildman–Crippen MR) is 105 cm³/mol. The molecule has 2 N–H and O–H groups in total. The zero-order valence-electron chi connectivity index (χ0n) is 13.9. The average molecular weight is 426 g/mol. The Kier molecular flexibility index (Phi) is 4.60. The predicted octanol–water partition coefficient (Wildman–Crippen LogP) is 5.77. The number of halogens is 2. The number of nitrogens with zero attached hydrogens (tertiary/aromatic N) is 2. The monoisotopic (exact) mass is 425 g/mol. The van der Waals surface area contributed by atoms with E-state index in [1.54, 1.807) is 36.4 Å². The van der Waals surface area contributed by atoms with Gasteiger partial charge in [-0.1, -0.05) is 24.3 Å². The summed E-state index contributed by atoms with van der Waals surface area (Å²) in [5.41, 5.74) is 0.767. The van der Waals surface area contributed by atoms with E-state index in [1.807, 2.05) is 18.2 Å². The molecular weight excluding hydrogens is 413 g/mol. The summed E-state index contributed by atoms with van der Waals surface area (Å²) in [4.78, 5) is 8.37. The van der Waals surface area contributed by atoms with Gasteiger partial charge in [-0.3, -0.25) is 0 Å². The van der Waals surface area contributed by atoms with Crippen molar-refractivity contribution in [3.8, 4) is 17.2 Å². The number of benzene rings is 3. The van der Waals surface area contributed by atoms with Crippen LogP contribution in [-0.4, -0.2) is 15.1 Å². The first-order valence-electron chi connectivity index (χ1n) is 8.03. The maximum Gasteiger partial charge on any atom is 0.169 e. The molecule has 0 atom stereocenters. The first-order chi connectivity index (χ1) is 13.1. The summed E-state index contributed by atoms with van der Waals surface area (Å²) in [6.45, 7) is 0. The van der Waals surface area contributed by atoms with Crippen LogP contribution in [0.25, 0.3) is 10.9 Å². The molecule has 27 heavy (non-hydrogen) atoms. The van der Waals surface area contributed by atoms with Crippen molar-refractivity contribution in [2.75, 3.05) is 5.32 Å². The van der Waals surface area contributed by atoms with Gasteiger partial charge in [0.15, 0.2) is 17.3 Å². The number of phenolic OH excluding ortho intramolecular Hbond substituents is 1. The SMILES string of the molecule is Oc1cc2ncnc(Nc3cccc(Br)c3F)c2cc1Oc1ccccc1. The molecule has 0 saturated heterocycles. The van der Waals surface area contributed by atoms with Crippen LogP contribution < -0.4 is 10.1 Å². The van der Waals surface area contributed by atoms with Gasteiger partial charge in [-0.2, -0.15) is 0 Å². The number of fused-ring (bicyclic) bond motifs is 1. The summed E-state index contributed by atoms with van der Waals surface area (Å²) in [6.07, 6.45) is 1.34. The molecule has 7 heteroatoms. The maximum atomic E-state index is 14.3. The highest BCUT2D eigenvalue weighted by Crippen LogP contribution is 2.37. The molecule has 4 aromatic rings. The third-order valence-electron chi connectivity index (χ3n) is 3.89. The molecule has 0 saturated carbocycles. The minimum atomic E-state index is -0.427. The molecule has 1 heterocycles. The lowest BCUT2D eigenvalue weighted by Crippen LogP contribution is -1.99. The fraction of sp³-hybridized carbons (Fsp3) is 0. The van der Waals surface area contributed by atoms with Gasteiger partial charge in [0.2, 0.25) is 0 Å². The van der Waals surface area contributed by atoms with Gasteiger partial charge < -0.3 is 15.2 Å². The summed E-state index contributed by atoms with van der Waals surface area (Å²) < 4.78 is 20.4. The van der Waals surface area contributed by atoms with Crippen molar-refractivity contribution in [1.29, 1.82) is 0 Å². The molecule has 0 aliphatic carbocycles. The number of aromatic hydroxyl groups is 1. The molecular formula is C20H13BrFN3O2. The van der Waals surface area contributed by atoms with E-state index in [0.717, 1.165) is 0 Å². The normalized spacial score (nSPS) is 10.7. The Morgan fingerprint density at radius 3 is 2.63 bits per heavy atom. The number of ether oxygens (including phenoxy) is 1. The van der Waals surface area contributed by atoms with Crippen molar-refractivity contribution in [3.63, 3.8) is 0 Å². The van der Waals surface area contributed by atoms with Crippen LogP contribution in [0.2, 0.25) is 0 Å². The molecule has 0 unspecified atom stereocenters. The standard InChI is InChI=1S/C20H13BrFN3O2/c21-14-7-4-8-15(19(14)22)25-20-13-9-18(27-12-5-2-1-3-6-12)17(26)10-16(13)23-11-24-20/h1-11,26H,(H,23,24,25). The molecule has 5 nitrogen and oxygen atoms in total. The zero-order valence-corrected chi connectivity index (χ0v) is 15.4. The van der Waals surface area contributed by atoms with E-state index < -0.39 is 5.82 Å². The molecule has 0 fully saturated rings. The molecule has 0 spiro atoms. The summed E-state index contributed by atoms with van der Waals surface area (Å²) in [7, 11) is 0. The topological polar surface area (TPSA) is 67.3 Å². The highest BCUT2D eigenvalue weighted by atomic mass is 79.9. The van der Waals surface area contributed by atoms with Crippen molar-refractivity contribution in [1.82, 2.24) is 9.97 Å². The van der Waals surface area contributed by atoms with Crippen molar-refractivity contribution in [2.24, 2.45) is 0 Å². The number of rotatable bonds is 4. The Morgan fingerprint density at radius 1 is 1.00 bits per heavy atom. The van der Waals surface area contributed by atoms with Gasteiger partial charge in [-0.05, 0) is 46.3 Å². The van der Waals surface area contributed by atoms with Crippen molar-refractivity contribution in [2.45, 2.75) is 0 Å². The summed E-state index contributed by atoms with van der Waals surface area (Å²) >= 11 is 3.17. The smallest absolute Gasteiger partial charge is 0.169 e. The van der Waals surface area contributed by atoms with Gasteiger partial charge in [-0.15, -0.1) is 0 Å². The summed E-state index contributed by atoms with van der Waals surface area (Å²) in [6, 6.07) is 17.1. The number of anilines is 2. The Bertz CT molecular complexity index is 1120. The Morgan fingerprint density at radius 2 is 1.81 bits per heavy atom. The van der Waals surface area contributed by atoms with E-state index in [2.05, 4.69) is 31.2 Å². The third-order valence-corrected chi connectivity index (χ3v) is 4.50. The lowest BCUT2D eigenvalue weighted by atomic mass is 10.2. The molecule has 4 rings (SSSR count). The Labute approximate surface area is 162 Å². The van der Waals surface area contributed by atoms with E-state index in [4.69, 9.17) is 4.74 Å². The van der Waals surface area contributed by atoms with E-state index in [9.17, 15) is 9.50 Å². The molecule has 0 amide bonds. The van der Waals surface area contributed by atoms with Gasteiger partial charge in [0.1, 0.15) is 17.9 Å². The van der Waals surface area contributed by atoms with Crippen LogP contribution in [0.15, 0.2) is 71.5 Å². The fourth-order valence-corrected chi connectivity index (χ4v) is 2.96. The highest BCUT2D eigenvalue weighted by molar-refractivity contribution is 9.10. The second-order valence-corrected chi connectivity index (χ2v) is 6.56. The van der Waals surface area contributed by atoms with E-state index >= 15 is 0 Å². The van der Waals surface area contributed by atoms with Crippen LogP contribution >= 0.6 is 15.9 Å². The van der Waals surface area contributed by atoms with Gasteiger partial charge in [0, 0.05) is 11.5 Å². The summed E-state index contributed by atoms with van der Waals surface area (Å²) in [5, 5.41) is 13.8. The Balaban J connectivity index is 1.77. The number of phenols is 1. The second kappa shape index (κ2) is 7.20. The largest absolute Gasteiger partial charge is 0.504 e. The van der Waals surface area contributed by atoms with E-state index in [-0.39, 0.29) is 17.2 Å². The highest BCUT2D eigenvalue weighted by Gasteiger charge is 2.13. The van der Waals surface area contributed by atoms with Crippen molar-refractivity contribution < 1.29 is 14.2 Å². The van der Waals surface area contributed by atoms with Crippen LogP contribution in [-0.2, 0) is 0 Å². The van der Waals surface area contributed by atoms with E-state index in [1.165, 1.54) is 12.4 Å². The van der Waals surface area contributed by atoms with Crippen LogP contribution in [0.5, 0.6) is 17.2 Å². The Hall–Kier alpha value is -3.19. The molecule has 3 aromatic carbocycles. The number of hydrogen-bond donors (Lipinski definition) is 2. The first kappa shape index (κ1) is 17.2. The summed E-state index contributed by atoms with van der Waals surface area (Å²) in [5.74, 6) is 0.751. The van der Waals surface area contributed by atoms with Gasteiger partial charge in [0.05, 0.1) is 15.7 Å². The van der Waals surface area contributed by atoms with Gasteiger partial charge in [-0.25, -0.2) is 14.4 Å².